The number of hydrogen-bond donors (Lipinski definition) is 1. The van der Waals surface area contributed by atoms with E-state index in [1.807, 2.05) is 5.32 Å². The third-order valence-electron chi connectivity index (χ3n) is 2.76. The summed E-state index contributed by atoms with van der Waals surface area (Å²) >= 11 is 0. The lowest BCUT2D eigenvalue weighted by Crippen LogP contribution is -2.49. The van der Waals surface area contributed by atoms with Crippen LogP contribution >= 0.6 is 0 Å². The summed E-state index contributed by atoms with van der Waals surface area (Å²) in [7, 11) is 0. The van der Waals surface area contributed by atoms with Gasteiger partial charge in [-0.05, 0) is 12.8 Å². The van der Waals surface area contributed by atoms with Gasteiger partial charge in [0.15, 0.2) is 0 Å². The summed E-state index contributed by atoms with van der Waals surface area (Å²) in [5.41, 5.74) is -2.26. The molecule has 0 aromatic rings. The minimum Gasteiger partial charge on any atom is -0.342 e. The third-order valence-corrected chi connectivity index (χ3v) is 2.76. The van der Waals surface area contributed by atoms with Gasteiger partial charge >= 0.3 is 6.18 Å². The molecule has 0 atom stereocenters. The van der Waals surface area contributed by atoms with Crippen LogP contribution < -0.4 is 5.32 Å². The number of rotatable bonds is 2. The van der Waals surface area contributed by atoms with Crippen LogP contribution in [0.4, 0.5) is 13.2 Å². The number of nitriles is 1. The molecular weight excluding hydrogens is 209 g/mol. The maximum absolute atomic E-state index is 12.7. The van der Waals surface area contributed by atoms with Gasteiger partial charge in [0, 0.05) is 0 Å². The Morgan fingerprint density at radius 2 is 1.93 bits per heavy atom. The first-order chi connectivity index (χ1) is 6.94. The number of amides is 1. The molecule has 3 nitrogen and oxygen atoms in total. The van der Waals surface area contributed by atoms with Crippen molar-refractivity contribution in [3.05, 3.63) is 0 Å². The van der Waals surface area contributed by atoms with Crippen LogP contribution in [0.25, 0.3) is 0 Å². The normalized spacial score (nSPS) is 19.6. The van der Waals surface area contributed by atoms with Crippen LogP contribution in [-0.2, 0) is 4.79 Å². The fraction of sp³-hybridized carbons (Fsp3) is 0.778. The number of nitrogens with zero attached hydrogens (tertiary/aromatic N) is 1. The van der Waals surface area contributed by atoms with Crippen LogP contribution in [0.3, 0.4) is 0 Å². The molecule has 0 bridgehead atoms. The van der Waals surface area contributed by atoms with E-state index in [9.17, 15) is 18.0 Å². The predicted molar refractivity (Wildman–Crippen MR) is 45.6 cm³/mol. The Hall–Kier alpha value is -1.25. The molecule has 1 aliphatic rings. The van der Waals surface area contributed by atoms with Crippen LogP contribution in [0.1, 0.15) is 25.7 Å². The smallest absolute Gasteiger partial charge is 0.342 e. The van der Waals surface area contributed by atoms with E-state index in [2.05, 4.69) is 0 Å². The quantitative estimate of drug-likeness (QED) is 0.721. The summed E-state index contributed by atoms with van der Waals surface area (Å²) in [5.74, 6) is -1.06. The molecule has 0 saturated heterocycles. The molecule has 1 saturated carbocycles. The maximum atomic E-state index is 12.7. The molecular formula is C9H11F3N2O. The van der Waals surface area contributed by atoms with Gasteiger partial charge in [-0.1, -0.05) is 12.8 Å². The van der Waals surface area contributed by atoms with Crippen molar-refractivity contribution in [2.75, 3.05) is 6.54 Å². The Labute approximate surface area is 85.3 Å². The van der Waals surface area contributed by atoms with Crippen LogP contribution in [0.5, 0.6) is 0 Å². The van der Waals surface area contributed by atoms with Gasteiger partial charge in [-0.2, -0.15) is 18.4 Å². The summed E-state index contributed by atoms with van der Waals surface area (Å²) in [4.78, 5) is 11.4. The first kappa shape index (κ1) is 11.8. The third kappa shape index (κ3) is 2.06. The van der Waals surface area contributed by atoms with Gasteiger partial charge < -0.3 is 5.32 Å². The van der Waals surface area contributed by atoms with Gasteiger partial charge in [-0.25, -0.2) is 0 Å². The van der Waals surface area contributed by atoms with Crippen LogP contribution in [-0.4, -0.2) is 18.6 Å². The summed E-state index contributed by atoms with van der Waals surface area (Å²) in [6.45, 7) is -0.378. The van der Waals surface area contributed by atoms with E-state index in [4.69, 9.17) is 5.26 Å². The molecule has 0 heterocycles. The molecule has 84 valence electrons. The number of alkyl halides is 3. The summed E-state index contributed by atoms with van der Waals surface area (Å²) in [5, 5.41) is 10.2. The van der Waals surface area contributed by atoms with E-state index < -0.39 is 17.5 Å². The Balaban J connectivity index is 2.83. The minimum absolute atomic E-state index is 0.173. The van der Waals surface area contributed by atoms with Gasteiger partial charge in [0.2, 0.25) is 5.91 Å². The van der Waals surface area contributed by atoms with Crippen LogP contribution in [0.15, 0.2) is 0 Å². The van der Waals surface area contributed by atoms with E-state index in [0.717, 1.165) is 0 Å². The number of halogens is 3. The lowest BCUT2D eigenvalue weighted by atomic mass is 9.84. The second kappa shape index (κ2) is 4.09. The first-order valence-corrected chi connectivity index (χ1v) is 4.66. The Morgan fingerprint density at radius 1 is 1.40 bits per heavy atom. The lowest BCUT2D eigenvalue weighted by Gasteiger charge is -2.29. The van der Waals surface area contributed by atoms with E-state index in [1.165, 1.54) is 0 Å². The molecule has 1 rings (SSSR count). The molecule has 0 unspecified atom stereocenters. The highest BCUT2D eigenvalue weighted by atomic mass is 19.4. The molecule has 0 aromatic heterocycles. The molecule has 0 aromatic carbocycles. The fourth-order valence-electron chi connectivity index (χ4n) is 1.91. The number of carbonyl (C=O) groups is 1. The zero-order valence-electron chi connectivity index (χ0n) is 8.02. The molecule has 1 aliphatic carbocycles. The van der Waals surface area contributed by atoms with E-state index in [0.29, 0.717) is 12.8 Å². The first-order valence-electron chi connectivity index (χ1n) is 4.66. The van der Waals surface area contributed by atoms with Crippen molar-refractivity contribution in [2.24, 2.45) is 5.41 Å². The van der Waals surface area contributed by atoms with Crippen LogP contribution in [0, 0.1) is 16.7 Å². The van der Waals surface area contributed by atoms with Gasteiger partial charge in [0.05, 0.1) is 6.07 Å². The van der Waals surface area contributed by atoms with Crippen molar-refractivity contribution >= 4 is 5.91 Å². The van der Waals surface area contributed by atoms with Crippen LogP contribution in [0.2, 0.25) is 0 Å². The zero-order chi connectivity index (χ0) is 11.5. The molecule has 0 spiro atoms. The lowest BCUT2D eigenvalue weighted by molar-refractivity contribution is -0.220. The fourth-order valence-corrected chi connectivity index (χ4v) is 1.91. The van der Waals surface area contributed by atoms with Gasteiger partial charge in [-0.3, -0.25) is 4.79 Å². The van der Waals surface area contributed by atoms with Gasteiger partial charge in [-0.15, -0.1) is 0 Å². The second-order valence-corrected chi connectivity index (χ2v) is 3.63. The van der Waals surface area contributed by atoms with Crippen molar-refractivity contribution in [1.82, 2.24) is 5.32 Å². The number of nitrogens with one attached hydrogen (secondary N) is 1. The van der Waals surface area contributed by atoms with Crippen molar-refractivity contribution in [1.29, 1.82) is 5.26 Å². The SMILES string of the molecule is N#CCNC(=O)C1(C(F)(F)F)CCCC1. The van der Waals surface area contributed by atoms with E-state index in [-0.39, 0.29) is 19.4 Å². The Morgan fingerprint density at radius 3 is 2.33 bits per heavy atom. The number of carbonyl (C=O) groups excluding carboxylic acids is 1. The van der Waals surface area contributed by atoms with Crippen molar-refractivity contribution < 1.29 is 18.0 Å². The minimum atomic E-state index is -4.52. The average molecular weight is 220 g/mol. The summed E-state index contributed by atoms with van der Waals surface area (Å²) < 4.78 is 38.2. The van der Waals surface area contributed by atoms with Gasteiger partial charge in [0.1, 0.15) is 12.0 Å². The van der Waals surface area contributed by atoms with Crippen molar-refractivity contribution in [3.8, 4) is 6.07 Å². The second-order valence-electron chi connectivity index (χ2n) is 3.63. The monoisotopic (exact) mass is 220 g/mol. The summed E-state index contributed by atoms with van der Waals surface area (Å²) in [6.07, 6.45) is -4.07. The molecule has 6 heteroatoms. The highest BCUT2D eigenvalue weighted by Gasteiger charge is 2.60. The zero-order valence-corrected chi connectivity index (χ0v) is 8.02. The van der Waals surface area contributed by atoms with Gasteiger partial charge in [0.25, 0.3) is 0 Å². The topological polar surface area (TPSA) is 52.9 Å². The molecule has 1 amide bonds. The number of hydrogen-bond acceptors (Lipinski definition) is 2. The van der Waals surface area contributed by atoms with Crippen molar-refractivity contribution in [3.63, 3.8) is 0 Å². The highest BCUT2D eigenvalue weighted by Crippen LogP contribution is 2.50. The average Bonchev–Trinajstić information content (AvgIpc) is 2.62. The highest BCUT2D eigenvalue weighted by molar-refractivity contribution is 5.84. The predicted octanol–water partition coefficient (Wildman–Crippen LogP) is 1.75. The maximum Gasteiger partial charge on any atom is 0.403 e. The van der Waals surface area contributed by atoms with E-state index in [1.54, 1.807) is 6.07 Å². The molecule has 15 heavy (non-hydrogen) atoms. The van der Waals surface area contributed by atoms with E-state index >= 15 is 0 Å². The van der Waals surface area contributed by atoms with Crippen molar-refractivity contribution in [2.45, 2.75) is 31.9 Å². The molecule has 1 fully saturated rings. The Bertz CT molecular complexity index is 287. The molecule has 0 radical (unpaired) electrons. The molecule has 1 N–H and O–H groups in total. The summed E-state index contributed by atoms with van der Waals surface area (Å²) in [6, 6.07) is 1.59. The largest absolute Gasteiger partial charge is 0.403 e. The Kier molecular flexibility index (Phi) is 3.22. The standard InChI is InChI=1S/C9H11F3N2O/c10-9(11,12)8(3-1-2-4-8)7(15)14-6-5-13/h1-4,6H2,(H,14,15). The molecule has 0 aliphatic heterocycles.